The molecule has 0 heterocycles. The zero-order valence-electron chi connectivity index (χ0n) is 14.4. The summed E-state index contributed by atoms with van der Waals surface area (Å²) in [5, 5.41) is 0. The van der Waals surface area contributed by atoms with Crippen LogP contribution in [0.1, 0.15) is 30.9 Å². The number of ether oxygens (including phenoxy) is 1. The summed E-state index contributed by atoms with van der Waals surface area (Å²) in [6, 6.07) is 18.9. The molecule has 0 fully saturated rings. The monoisotopic (exact) mass is 332 g/mol. The minimum absolute atomic E-state index is 0.0436. The molecule has 0 bridgehead atoms. The number of carbonyl (C=O) groups excluding carboxylic acids is 2. The van der Waals surface area contributed by atoms with E-state index >= 15 is 0 Å². The minimum atomic E-state index is -0.589. The molecule has 1 aliphatic rings. The quantitative estimate of drug-likeness (QED) is 0.617. The lowest BCUT2D eigenvalue weighted by Gasteiger charge is -2.14. The van der Waals surface area contributed by atoms with Crippen molar-refractivity contribution < 1.29 is 14.3 Å². The fraction of sp³-hybridized carbons (Fsp3) is 0.182. The summed E-state index contributed by atoms with van der Waals surface area (Å²) in [7, 11) is 0. The second-order valence-corrected chi connectivity index (χ2v) is 6.28. The number of ketones is 1. The number of rotatable bonds is 4. The average Bonchev–Trinajstić information content (AvgIpc) is 2.99. The molecule has 0 aromatic heterocycles. The van der Waals surface area contributed by atoms with E-state index in [0.717, 1.165) is 16.7 Å². The molecule has 0 amide bonds. The number of allylic oxidation sites excluding steroid dienone is 3. The molecule has 0 N–H and O–H groups in total. The molecule has 3 rings (SSSR count). The fourth-order valence-corrected chi connectivity index (χ4v) is 2.96. The van der Waals surface area contributed by atoms with Crippen LogP contribution in [0, 0.1) is 0 Å². The van der Waals surface area contributed by atoms with Crippen LogP contribution in [-0.2, 0) is 20.9 Å². The molecule has 3 heteroatoms. The highest BCUT2D eigenvalue weighted by Gasteiger charge is 2.37. The second kappa shape index (κ2) is 7.31. The first kappa shape index (κ1) is 16.9. The van der Waals surface area contributed by atoms with Gasteiger partial charge in [-0.2, -0.15) is 0 Å². The highest BCUT2D eigenvalue weighted by Crippen LogP contribution is 2.37. The zero-order chi connectivity index (χ0) is 17.8. The van der Waals surface area contributed by atoms with Crippen LogP contribution in [0.5, 0.6) is 0 Å². The van der Waals surface area contributed by atoms with Gasteiger partial charge in [0.25, 0.3) is 0 Å². The second-order valence-electron chi connectivity index (χ2n) is 6.28. The van der Waals surface area contributed by atoms with Gasteiger partial charge in [0.1, 0.15) is 6.61 Å². The normalized spacial score (nSPS) is 16.6. The summed E-state index contributed by atoms with van der Waals surface area (Å²) in [4.78, 5) is 25.5. The molecule has 0 saturated carbocycles. The SMILES string of the molecule is CC(C)=C1C=C(C(=O)OCc2ccccc2)[C@H](c2ccccc2)C1=O. The van der Waals surface area contributed by atoms with Crippen LogP contribution in [-0.4, -0.2) is 11.8 Å². The van der Waals surface area contributed by atoms with Crippen molar-refractivity contribution in [3.05, 3.63) is 94.6 Å². The van der Waals surface area contributed by atoms with Crippen LogP contribution < -0.4 is 0 Å². The topological polar surface area (TPSA) is 43.4 Å². The molecule has 0 spiro atoms. The Morgan fingerprint density at radius 2 is 1.56 bits per heavy atom. The van der Waals surface area contributed by atoms with E-state index in [1.807, 2.05) is 74.5 Å². The molecule has 0 unspecified atom stereocenters. The van der Waals surface area contributed by atoms with Gasteiger partial charge in [-0.1, -0.05) is 66.2 Å². The number of hydrogen-bond acceptors (Lipinski definition) is 3. The van der Waals surface area contributed by atoms with E-state index < -0.39 is 11.9 Å². The third kappa shape index (κ3) is 3.61. The van der Waals surface area contributed by atoms with E-state index in [1.54, 1.807) is 6.08 Å². The Bertz CT molecular complexity index is 841. The Balaban J connectivity index is 1.87. The molecule has 0 aliphatic heterocycles. The van der Waals surface area contributed by atoms with Crippen molar-refractivity contribution in [1.29, 1.82) is 0 Å². The maximum Gasteiger partial charge on any atom is 0.335 e. The van der Waals surface area contributed by atoms with Crippen LogP contribution in [0.4, 0.5) is 0 Å². The number of benzene rings is 2. The summed E-state index contributed by atoms with van der Waals surface area (Å²) < 4.78 is 5.46. The van der Waals surface area contributed by atoms with Crippen molar-refractivity contribution in [3.63, 3.8) is 0 Å². The lowest BCUT2D eigenvalue weighted by atomic mass is 9.90. The summed E-state index contributed by atoms with van der Waals surface area (Å²) in [6.45, 7) is 3.95. The number of carbonyl (C=O) groups is 2. The van der Waals surface area contributed by atoms with Gasteiger partial charge in [-0.15, -0.1) is 0 Å². The smallest absolute Gasteiger partial charge is 0.335 e. The predicted octanol–water partition coefficient (Wildman–Crippen LogP) is 4.36. The summed E-state index contributed by atoms with van der Waals surface area (Å²) >= 11 is 0. The minimum Gasteiger partial charge on any atom is -0.457 e. The molecule has 2 aromatic carbocycles. The zero-order valence-corrected chi connectivity index (χ0v) is 14.4. The van der Waals surface area contributed by atoms with E-state index in [0.29, 0.717) is 11.1 Å². The third-order valence-electron chi connectivity index (χ3n) is 4.26. The van der Waals surface area contributed by atoms with Gasteiger partial charge in [0.05, 0.1) is 11.5 Å². The molecule has 25 heavy (non-hydrogen) atoms. The van der Waals surface area contributed by atoms with E-state index in [4.69, 9.17) is 4.74 Å². The van der Waals surface area contributed by atoms with Crippen LogP contribution in [0.3, 0.4) is 0 Å². The highest BCUT2D eigenvalue weighted by atomic mass is 16.5. The Kier molecular flexibility index (Phi) is 4.94. The first-order valence-electron chi connectivity index (χ1n) is 8.27. The predicted molar refractivity (Wildman–Crippen MR) is 96.9 cm³/mol. The van der Waals surface area contributed by atoms with E-state index in [2.05, 4.69) is 0 Å². The summed E-state index contributed by atoms with van der Waals surface area (Å²) in [5.74, 6) is -1.07. The number of Topliss-reactive ketones (excluding diaryl/α,β-unsaturated/α-hetero) is 1. The number of hydrogen-bond donors (Lipinski definition) is 0. The molecule has 1 atom stereocenters. The van der Waals surface area contributed by atoms with Crippen molar-refractivity contribution >= 4 is 11.8 Å². The molecule has 2 aromatic rings. The number of esters is 1. The summed E-state index contributed by atoms with van der Waals surface area (Å²) in [6.07, 6.45) is 1.68. The first-order valence-corrected chi connectivity index (χ1v) is 8.27. The summed E-state index contributed by atoms with van der Waals surface area (Å²) in [5.41, 5.74) is 3.63. The standard InChI is InChI=1S/C22H20O3/c1-15(2)18-13-19(20(21(18)23)17-11-7-4-8-12-17)22(24)25-14-16-9-5-3-6-10-16/h3-13,20H,14H2,1-2H3/t20-/m0/s1. The first-order chi connectivity index (χ1) is 12.1. The van der Waals surface area contributed by atoms with Crippen molar-refractivity contribution in [3.8, 4) is 0 Å². The molecule has 3 nitrogen and oxygen atoms in total. The van der Waals surface area contributed by atoms with Gasteiger partial charge in [0.2, 0.25) is 0 Å². The maximum atomic E-state index is 12.8. The molecule has 1 aliphatic carbocycles. The van der Waals surface area contributed by atoms with Crippen molar-refractivity contribution in [2.45, 2.75) is 26.4 Å². The Morgan fingerprint density at radius 3 is 2.16 bits per heavy atom. The lowest BCUT2D eigenvalue weighted by Crippen LogP contribution is -2.17. The largest absolute Gasteiger partial charge is 0.457 e. The average molecular weight is 332 g/mol. The van der Waals surface area contributed by atoms with Gasteiger partial charge in [-0.25, -0.2) is 4.79 Å². The fourth-order valence-electron chi connectivity index (χ4n) is 2.96. The van der Waals surface area contributed by atoms with Crippen LogP contribution >= 0.6 is 0 Å². The third-order valence-corrected chi connectivity index (χ3v) is 4.26. The molecular weight excluding hydrogens is 312 g/mol. The van der Waals surface area contributed by atoms with Gasteiger partial charge in [-0.05, 0) is 31.1 Å². The van der Waals surface area contributed by atoms with Crippen molar-refractivity contribution in [2.75, 3.05) is 0 Å². The van der Waals surface area contributed by atoms with Crippen molar-refractivity contribution in [2.24, 2.45) is 0 Å². The molecule has 126 valence electrons. The van der Waals surface area contributed by atoms with E-state index in [-0.39, 0.29) is 12.4 Å². The molecule has 0 radical (unpaired) electrons. The highest BCUT2D eigenvalue weighted by molar-refractivity contribution is 6.15. The molecular formula is C22H20O3. The van der Waals surface area contributed by atoms with Crippen LogP contribution in [0.2, 0.25) is 0 Å². The van der Waals surface area contributed by atoms with E-state index in [1.165, 1.54) is 0 Å². The van der Waals surface area contributed by atoms with Crippen LogP contribution in [0.25, 0.3) is 0 Å². The van der Waals surface area contributed by atoms with Gasteiger partial charge in [0, 0.05) is 5.57 Å². The Morgan fingerprint density at radius 1 is 0.960 bits per heavy atom. The van der Waals surface area contributed by atoms with E-state index in [9.17, 15) is 9.59 Å². The molecule has 0 saturated heterocycles. The Labute approximate surface area is 147 Å². The van der Waals surface area contributed by atoms with Gasteiger partial charge in [0.15, 0.2) is 5.78 Å². The van der Waals surface area contributed by atoms with Crippen LogP contribution in [0.15, 0.2) is 83.5 Å². The van der Waals surface area contributed by atoms with Gasteiger partial charge in [-0.3, -0.25) is 4.79 Å². The Hall–Kier alpha value is -2.94. The van der Waals surface area contributed by atoms with Gasteiger partial charge < -0.3 is 4.74 Å². The van der Waals surface area contributed by atoms with Gasteiger partial charge >= 0.3 is 5.97 Å². The maximum absolute atomic E-state index is 12.8. The lowest BCUT2D eigenvalue weighted by molar-refractivity contribution is -0.141. The van der Waals surface area contributed by atoms with Crippen molar-refractivity contribution in [1.82, 2.24) is 0 Å².